The van der Waals surface area contributed by atoms with Crippen molar-refractivity contribution in [3.63, 3.8) is 0 Å². The maximum Gasteiger partial charge on any atom is 0.223 e. The van der Waals surface area contributed by atoms with Crippen LogP contribution in [0.2, 0.25) is 0 Å². The average molecular weight is 324 g/mol. The van der Waals surface area contributed by atoms with Crippen LogP contribution in [0.1, 0.15) is 29.0 Å². The summed E-state index contributed by atoms with van der Waals surface area (Å²) in [4.78, 5) is 14.7. The second-order valence-corrected chi connectivity index (χ2v) is 6.36. The number of carbonyl (C=O) groups is 1. The first kappa shape index (κ1) is 16.5. The summed E-state index contributed by atoms with van der Waals surface area (Å²) in [6.45, 7) is 5.19. The van der Waals surface area contributed by atoms with Gasteiger partial charge in [0.2, 0.25) is 5.91 Å². The molecule has 3 rings (SSSR count). The summed E-state index contributed by atoms with van der Waals surface area (Å²) < 4.78 is 0. The van der Waals surface area contributed by atoms with Crippen molar-refractivity contribution in [3.05, 3.63) is 65.2 Å². The van der Waals surface area contributed by atoms with Gasteiger partial charge >= 0.3 is 0 Å². The third-order valence-corrected chi connectivity index (χ3v) is 4.61. The van der Waals surface area contributed by atoms with Gasteiger partial charge in [0.15, 0.2) is 0 Å². The molecular formula is C20H24N2O2. The van der Waals surface area contributed by atoms with E-state index in [9.17, 15) is 9.90 Å². The van der Waals surface area contributed by atoms with Crippen LogP contribution in [0.25, 0.3) is 0 Å². The molecule has 0 aliphatic carbocycles. The van der Waals surface area contributed by atoms with Crippen LogP contribution in [0.3, 0.4) is 0 Å². The summed E-state index contributed by atoms with van der Waals surface area (Å²) in [6, 6.07) is 15.6. The largest absolute Gasteiger partial charge is 0.508 e. The Kier molecular flexibility index (Phi) is 5.16. The van der Waals surface area contributed by atoms with Crippen LogP contribution in [0.15, 0.2) is 48.5 Å². The highest BCUT2D eigenvalue weighted by atomic mass is 16.3. The smallest absolute Gasteiger partial charge is 0.223 e. The minimum absolute atomic E-state index is 0.131. The van der Waals surface area contributed by atoms with E-state index in [4.69, 9.17) is 0 Å². The van der Waals surface area contributed by atoms with E-state index in [2.05, 4.69) is 5.32 Å². The van der Waals surface area contributed by atoms with Gasteiger partial charge in [-0.2, -0.15) is 0 Å². The summed E-state index contributed by atoms with van der Waals surface area (Å²) in [7, 11) is 0. The van der Waals surface area contributed by atoms with Crippen LogP contribution in [0.4, 0.5) is 0 Å². The number of aromatic hydroxyl groups is 1. The number of amides is 1. The Balaban J connectivity index is 1.90. The topological polar surface area (TPSA) is 52.6 Å². The fraction of sp³-hybridized carbons (Fsp3) is 0.350. The third kappa shape index (κ3) is 3.77. The molecule has 126 valence electrons. The maximum atomic E-state index is 12.8. The van der Waals surface area contributed by atoms with E-state index in [1.54, 1.807) is 6.07 Å². The van der Waals surface area contributed by atoms with Crippen molar-refractivity contribution in [2.24, 2.45) is 0 Å². The van der Waals surface area contributed by atoms with Gasteiger partial charge in [0.25, 0.3) is 0 Å². The average Bonchev–Trinajstić information content (AvgIpc) is 2.63. The molecule has 1 heterocycles. The fourth-order valence-electron chi connectivity index (χ4n) is 3.26. The highest BCUT2D eigenvalue weighted by molar-refractivity contribution is 5.78. The van der Waals surface area contributed by atoms with Crippen molar-refractivity contribution in [1.82, 2.24) is 10.2 Å². The van der Waals surface area contributed by atoms with E-state index in [0.717, 1.165) is 42.9 Å². The summed E-state index contributed by atoms with van der Waals surface area (Å²) in [5, 5.41) is 13.6. The molecule has 2 aromatic rings. The van der Waals surface area contributed by atoms with Crippen LogP contribution in [0.5, 0.6) is 5.75 Å². The van der Waals surface area contributed by atoms with Crippen molar-refractivity contribution < 1.29 is 9.90 Å². The van der Waals surface area contributed by atoms with Crippen LogP contribution >= 0.6 is 0 Å². The lowest BCUT2D eigenvalue weighted by Crippen LogP contribution is -2.46. The first-order valence-corrected chi connectivity index (χ1v) is 8.48. The zero-order chi connectivity index (χ0) is 16.9. The number of hydrogen-bond acceptors (Lipinski definition) is 3. The number of piperazine rings is 1. The Hall–Kier alpha value is -2.33. The zero-order valence-corrected chi connectivity index (χ0v) is 14.0. The first-order chi connectivity index (χ1) is 11.6. The van der Waals surface area contributed by atoms with Gasteiger partial charge in [-0.25, -0.2) is 0 Å². The van der Waals surface area contributed by atoms with Crippen LogP contribution in [-0.4, -0.2) is 42.1 Å². The first-order valence-electron chi connectivity index (χ1n) is 8.48. The minimum atomic E-state index is -0.131. The molecule has 0 saturated carbocycles. The number of carbonyl (C=O) groups excluding carboxylic acids is 1. The molecule has 0 radical (unpaired) electrons. The Morgan fingerprint density at radius 2 is 1.88 bits per heavy atom. The van der Waals surface area contributed by atoms with Crippen LogP contribution in [0, 0.1) is 6.92 Å². The van der Waals surface area contributed by atoms with Crippen LogP contribution in [-0.2, 0) is 4.79 Å². The number of phenolic OH excluding ortho intramolecular Hbond substituents is 1. The molecule has 4 heteroatoms. The van der Waals surface area contributed by atoms with Gasteiger partial charge < -0.3 is 15.3 Å². The van der Waals surface area contributed by atoms with Crippen molar-refractivity contribution in [1.29, 1.82) is 0 Å². The molecule has 24 heavy (non-hydrogen) atoms. The minimum Gasteiger partial charge on any atom is -0.508 e. The van der Waals surface area contributed by atoms with E-state index < -0.39 is 0 Å². The molecule has 1 fully saturated rings. The van der Waals surface area contributed by atoms with E-state index in [1.807, 2.05) is 54.3 Å². The predicted octanol–water partition coefficient (Wildman–Crippen LogP) is 2.65. The number of aryl methyl sites for hydroxylation is 1. The molecule has 1 aliphatic rings. The normalized spacial score (nSPS) is 16.0. The molecule has 0 aromatic heterocycles. The molecule has 2 aromatic carbocycles. The molecule has 0 spiro atoms. The quantitative estimate of drug-likeness (QED) is 0.909. The molecule has 1 atom stereocenters. The van der Waals surface area contributed by atoms with Crippen molar-refractivity contribution in [3.8, 4) is 5.75 Å². The van der Waals surface area contributed by atoms with Crippen molar-refractivity contribution in [2.75, 3.05) is 26.2 Å². The maximum absolute atomic E-state index is 12.8. The van der Waals surface area contributed by atoms with Gasteiger partial charge in [-0.05, 0) is 18.6 Å². The Morgan fingerprint density at radius 3 is 2.58 bits per heavy atom. The number of phenols is 1. The van der Waals surface area contributed by atoms with Crippen molar-refractivity contribution in [2.45, 2.75) is 19.3 Å². The Bertz CT molecular complexity index is 694. The van der Waals surface area contributed by atoms with Crippen molar-refractivity contribution >= 4 is 5.91 Å². The van der Waals surface area contributed by atoms with E-state index in [0.29, 0.717) is 6.42 Å². The summed E-state index contributed by atoms with van der Waals surface area (Å²) >= 11 is 0. The lowest BCUT2D eigenvalue weighted by molar-refractivity contribution is -0.132. The van der Waals surface area contributed by atoms with Gasteiger partial charge in [0.05, 0.1) is 0 Å². The summed E-state index contributed by atoms with van der Waals surface area (Å²) in [5.41, 5.74) is 2.96. The number of nitrogens with zero attached hydrogens (tertiary/aromatic N) is 1. The van der Waals surface area contributed by atoms with Gasteiger partial charge in [-0.1, -0.05) is 48.0 Å². The number of rotatable bonds is 4. The fourth-order valence-corrected chi connectivity index (χ4v) is 3.26. The molecule has 1 amide bonds. The van der Waals surface area contributed by atoms with Gasteiger partial charge in [0, 0.05) is 44.1 Å². The number of nitrogens with one attached hydrogen (secondary N) is 1. The standard InChI is InChI=1S/C20H24N2O2/c1-15-7-8-19(23)18(13-15)17(16-5-3-2-4-6-16)14-20(24)22-11-9-21-10-12-22/h2-8,13,17,21,23H,9-12,14H2,1H3. The second-order valence-electron chi connectivity index (χ2n) is 6.36. The van der Waals surface area contributed by atoms with E-state index in [-0.39, 0.29) is 17.6 Å². The number of hydrogen-bond donors (Lipinski definition) is 2. The Morgan fingerprint density at radius 1 is 1.17 bits per heavy atom. The van der Waals surface area contributed by atoms with Gasteiger partial charge in [0.1, 0.15) is 5.75 Å². The summed E-state index contributed by atoms with van der Waals surface area (Å²) in [5.74, 6) is 0.266. The lowest BCUT2D eigenvalue weighted by Gasteiger charge is -2.29. The lowest BCUT2D eigenvalue weighted by atomic mass is 9.86. The molecule has 2 N–H and O–H groups in total. The molecule has 4 nitrogen and oxygen atoms in total. The SMILES string of the molecule is Cc1ccc(O)c(C(CC(=O)N2CCNCC2)c2ccccc2)c1. The third-order valence-electron chi connectivity index (χ3n) is 4.61. The molecule has 1 unspecified atom stereocenters. The van der Waals surface area contributed by atoms with E-state index in [1.165, 1.54) is 0 Å². The molecule has 1 aliphatic heterocycles. The monoisotopic (exact) mass is 324 g/mol. The zero-order valence-electron chi connectivity index (χ0n) is 14.0. The Labute approximate surface area is 143 Å². The molecule has 0 bridgehead atoms. The van der Waals surface area contributed by atoms with E-state index >= 15 is 0 Å². The molecule has 1 saturated heterocycles. The highest BCUT2D eigenvalue weighted by Crippen LogP contribution is 2.35. The van der Waals surface area contributed by atoms with Gasteiger partial charge in [-0.3, -0.25) is 4.79 Å². The van der Waals surface area contributed by atoms with Crippen LogP contribution < -0.4 is 5.32 Å². The second kappa shape index (κ2) is 7.49. The molecular weight excluding hydrogens is 300 g/mol. The van der Waals surface area contributed by atoms with Gasteiger partial charge in [-0.15, -0.1) is 0 Å². The number of benzene rings is 2. The highest BCUT2D eigenvalue weighted by Gasteiger charge is 2.25. The predicted molar refractivity (Wildman–Crippen MR) is 95.2 cm³/mol. The summed E-state index contributed by atoms with van der Waals surface area (Å²) in [6.07, 6.45) is 0.376.